The Kier molecular flexibility index (Phi) is 8.14. The Bertz CT molecular complexity index is 1320. The molecule has 2 atom stereocenters. The maximum atomic E-state index is 13.4. The third kappa shape index (κ3) is 5.32. The second-order valence-corrected chi connectivity index (χ2v) is 10.7. The van der Waals surface area contributed by atoms with E-state index in [1.807, 2.05) is 30.5 Å². The number of nitrogens with zero attached hydrogens (tertiary/aromatic N) is 2. The molecule has 0 radical (unpaired) electrons. The molecule has 2 heterocycles. The van der Waals surface area contributed by atoms with Crippen LogP contribution in [-0.4, -0.2) is 33.3 Å². The van der Waals surface area contributed by atoms with E-state index in [1.54, 1.807) is 36.5 Å². The van der Waals surface area contributed by atoms with E-state index in [0.717, 1.165) is 31.6 Å². The summed E-state index contributed by atoms with van der Waals surface area (Å²) in [4.78, 5) is 6.95. The first-order chi connectivity index (χ1) is 17.5. The first-order valence-corrected chi connectivity index (χ1v) is 13.7. The molecular formula is C29H32N2O4S. The lowest BCUT2D eigenvalue weighted by Crippen LogP contribution is -2.32. The monoisotopic (exact) mass is 504 g/mol. The highest BCUT2D eigenvalue weighted by molar-refractivity contribution is 7.91. The Morgan fingerprint density at radius 2 is 1.92 bits per heavy atom. The third-order valence-electron chi connectivity index (χ3n) is 6.49. The van der Waals surface area contributed by atoms with Crippen molar-refractivity contribution in [2.45, 2.75) is 42.4 Å². The molecule has 0 saturated heterocycles. The molecule has 0 aliphatic carbocycles. The lowest BCUT2D eigenvalue weighted by molar-refractivity contribution is 0.172. The summed E-state index contributed by atoms with van der Waals surface area (Å²) in [6, 6.07) is 16.1. The lowest BCUT2D eigenvalue weighted by Gasteiger charge is -2.32. The van der Waals surface area contributed by atoms with Gasteiger partial charge in [0.05, 0.1) is 4.90 Å². The first kappa shape index (κ1) is 25.5. The van der Waals surface area contributed by atoms with Crippen LogP contribution in [0, 0.1) is 5.92 Å². The van der Waals surface area contributed by atoms with Gasteiger partial charge in [-0.3, -0.25) is 4.98 Å². The minimum absolute atomic E-state index is 0.0188. The fourth-order valence-corrected chi connectivity index (χ4v) is 6.17. The molecule has 1 aromatic heterocycles. The van der Waals surface area contributed by atoms with Crippen molar-refractivity contribution in [2.24, 2.45) is 5.92 Å². The fraction of sp³-hybridized carbons (Fsp3) is 0.310. The lowest BCUT2D eigenvalue weighted by atomic mass is 9.84. The number of pyridine rings is 1. The SMILES string of the molecule is C=C=CC(CN(CCC)c1ccc(S(=O)(=O)c2cccc3c2OCO3)cc1)C(CC)c1cccnc1. The second-order valence-electron chi connectivity index (χ2n) is 8.77. The summed E-state index contributed by atoms with van der Waals surface area (Å²) in [6.45, 7) is 9.77. The average Bonchev–Trinajstić information content (AvgIpc) is 3.39. The van der Waals surface area contributed by atoms with Gasteiger partial charge in [-0.25, -0.2) is 8.42 Å². The number of anilines is 1. The van der Waals surface area contributed by atoms with Crippen LogP contribution in [-0.2, 0) is 9.84 Å². The van der Waals surface area contributed by atoms with Gasteiger partial charge in [-0.1, -0.05) is 32.6 Å². The molecule has 188 valence electrons. The molecule has 2 unspecified atom stereocenters. The summed E-state index contributed by atoms with van der Waals surface area (Å²) < 4.78 is 37.5. The molecule has 0 spiro atoms. The van der Waals surface area contributed by atoms with Crippen molar-refractivity contribution in [2.75, 3.05) is 24.8 Å². The molecular weight excluding hydrogens is 472 g/mol. The molecule has 0 N–H and O–H groups in total. The zero-order valence-electron chi connectivity index (χ0n) is 20.8. The van der Waals surface area contributed by atoms with E-state index in [9.17, 15) is 8.42 Å². The van der Waals surface area contributed by atoms with Gasteiger partial charge in [0.25, 0.3) is 0 Å². The van der Waals surface area contributed by atoms with Crippen molar-refractivity contribution in [3.8, 4) is 11.5 Å². The molecule has 4 rings (SSSR count). The molecule has 0 amide bonds. The number of rotatable bonds is 11. The van der Waals surface area contributed by atoms with Gasteiger partial charge in [0, 0.05) is 37.1 Å². The van der Waals surface area contributed by atoms with Crippen molar-refractivity contribution in [1.29, 1.82) is 0 Å². The Morgan fingerprint density at radius 1 is 1.11 bits per heavy atom. The van der Waals surface area contributed by atoms with Crippen LogP contribution in [0.3, 0.4) is 0 Å². The largest absolute Gasteiger partial charge is 0.454 e. The molecule has 0 bridgehead atoms. The van der Waals surface area contributed by atoms with E-state index >= 15 is 0 Å². The first-order valence-electron chi connectivity index (χ1n) is 12.2. The predicted octanol–water partition coefficient (Wildman–Crippen LogP) is 6.01. The summed E-state index contributed by atoms with van der Waals surface area (Å²) >= 11 is 0. The van der Waals surface area contributed by atoms with Crippen LogP contribution < -0.4 is 14.4 Å². The highest BCUT2D eigenvalue weighted by atomic mass is 32.2. The zero-order chi connectivity index (χ0) is 25.5. The maximum Gasteiger partial charge on any atom is 0.231 e. The summed E-state index contributed by atoms with van der Waals surface area (Å²) in [5, 5.41) is 0. The van der Waals surface area contributed by atoms with Crippen molar-refractivity contribution in [3.05, 3.63) is 90.9 Å². The van der Waals surface area contributed by atoms with Gasteiger partial charge in [-0.15, -0.1) is 5.73 Å². The molecule has 0 fully saturated rings. The fourth-order valence-electron chi connectivity index (χ4n) is 4.76. The van der Waals surface area contributed by atoms with Gasteiger partial charge in [-0.05, 0) is 72.9 Å². The number of benzene rings is 2. The molecule has 3 aromatic rings. The maximum absolute atomic E-state index is 13.4. The zero-order valence-corrected chi connectivity index (χ0v) is 21.6. The second kappa shape index (κ2) is 11.5. The van der Waals surface area contributed by atoms with Gasteiger partial charge in [0.15, 0.2) is 11.5 Å². The molecule has 1 aliphatic rings. The predicted molar refractivity (Wildman–Crippen MR) is 141 cm³/mol. The molecule has 36 heavy (non-hydrogen) atoms. The number of fused-ring (bicyclic) bond motifs is 1. The topological polar surface area (TPSA) is 68.7 Å². The van der Waals surface area contributed by atoms with Crippen molar-refractivity contribution in [1.82, 2.24) is 4.98 Å². The Labute approximate surface area is 213 Å². The molecule has 1 aliphatic heterocycles. The van der Waals surface area contributed by atoms with E-state index in [2.05, 4.69) is 42.1 Å². The molecule has 7 heteroatoms. The van der Waals surface area contributed by atoms with E-state index in [1.165, 1.54) is 5.56 Å². The normalized spacial score (nSPS) is 14.1. The minimum atomic E-state index is -3.76. The van der Waals surface area contributed by atoms with E-state index in [4.69, 9.17) is 9.47 Å². The van der Waals surface area contributed by atoms with Gasteiger partial charge in [0.1, 0.15) is 4.90 Å². The summed E-state index contributed by atoms with van der Waals surface area (Å²) in [5.41, 5.74) is 5.16. The highest BCUT2D eigenvalue weighted by Crippen LogP contribution is 2.40. The Morgan fingerprint density at radius 3 is 2.58 bits per heavy atom. The van der Waals surface area contributed by atoms with E-state index in [-0.39, 0.29) is 34.2 Å². The van der Waals surface area contributed by atoms with Crippen LogP contribution in [0.5, 0.6) is 11.5 Å². The van der Waals surface area contributed by atoms with Crippen molar-refractivity contribution >= 4 is 15.5 Å². The number of hydrogen-bond donors (Lipinski definition) is 0. The van der Waals surface area contributed by atoms with Gasteiger partial charge in [0.2, 0.25) is 16.6 Å². The number of hydrogen-bond acceptors (Lipinski definition) is 6. The minimum Gasteiger partial charge on any atom is -0.454 e. The number of sulfone groups is 1. The Balaban J connectivity index is 1.61. The number of ether oxygens (including phenoxy) is 2. The smallest absolute Gasteiger partial charge is 0.231 e. The van der Waals surface area contributed by atoms with Gasteiger partial charge >= 0.3 is 0 Å². The van der Waals surface area contributed by atoms with Crippen molar-refractivity contribution in [3.63, 3.8) is 0 Å². The Hall–Kier alpha value is -3.54. The quantitative estimate of drug-likeness (QED) is 0.298. The van der Waals surface area contributed by atoms with E-state index < -0.39 is 9.84 Å². The van der Waals surface area contributed by atoms with Gasteiger partial charge in [-0.2, -0.15) is 0 Å². The van der Waals surface area contributed by atoms with Crippen LogP contribution in [0.2, 0.25) is 0 Å². The standard InChI is InChI=1S/C29H32N2O4S/c1-4-9-23(26(6-3)22-10-8-17-30-19-22)20-31(18-5-2)24-13-15-25(16-14-24)36(32,33)28-12-7-11-27-29(28)35-21-34-27/h7-17,19,23,26H,1,5-6,18,20-21H2,2-3H3. The average molecular weight is 505 g/mol. The molecule has 6 nitrogen and oxygen atoms in total. The number of para-hydroxylation sites is 1. The van der Waals surface area contributed by atoms with Crippen LogP contribution in [0.4, 0.5) is 5.69 Å². The molecule has 0 saturated carbocycles. The van der Waals surface area contributed by atoms with E-state index in [0.29, 0.717) is 5.75 Å². The van der Waals surface area contributed by atoms with Gasteiger partial charge < -0.3 is 14.4 Å². The highest BCUT2D eigenvalue weighted by Gasteiger charge is 2.28. The summed E-state index contributed by atoms with van der Waals surface area (Å²) in [6.07, 6.45) is 7.68. The molecule has 2 aromatic carbocycles. The van der Waals surface area contributed by atoms with Crippen molar-refractivity contribution < 1.29 is 17.9 Å². The van der Waals surface area contributed by atoms with Crippen LogP contribution in [0.15, 0.2) is 95.2 Å². The van der Waals surface area contributed by atoms with Crippen LogP contribution in [0.1, 0.15) is 38.2 Å². The van der Waals surface area contributed by atoms with Crippen LogP contribution >= 0.6 is 0 Å². The summed E-state index contributed by atoms with van der Waals surface area (Å²) in [5.74, 6) is 1.17. The van der Waals surface area contributed by atoms with Crippen LogP contribution in [0.25, 0.3) is 0 Å². The summed E-state index contributed by atoms with van der Waals surface area (Å²) in [7, 11) is -3.76. The number of aromatic nitrogens is 1. The third-order valence-corrected chi connectivity index (χ3v) is 8.28.